The first-order chi connectivity index (χ1) is 10.6. The molecule has 2 nitrogen and oxygen atoms in total. The maximum Gasteiger partial charge on any atom is 0.416 e. The van der Waals surface area contributed by atoms with Gasteiger partial charge in [0, 0.05) is 26.2 Å². The zero-order chi connectivity index (χ0) is 17.3. The lowest BCUT2D eigenvalue weighted by Crippen LogP contribution is -2.45. The highest BCUT2D eigenvalue weighted by atomic mass is 35.5. The first kappa shape index (κ1) is 24.2. The highest BCUT2D eigenvalue weighted by Crippen LogP contribution is 2.38. The molecule has 1 aromatic rings. The van der Waals surface area contributed by atoms with E-state index in [1.165, 1.54) is 0 Å². The summed E-state index contributed by atoms with van der Waals surface area (Å²) in [6, 6.07) is 0.125. The van der Waals surface area contributed by atoms with E-state index in [-0.39, 0.29) is 36.4 Å². The third kappa shape index (κ3) is 6.16. The summed E-state index contributed by atoms with van der Waals surface area (Å²) in [6.07, 6.45) is -9.86. The molecule has 0 amide bonds. The lowest BCUT2D eigenvalue weighted by molar-refractivity contribution is -0.143. The number of nitrogens with zero attached hydrogens (tertiary/aromatic N) is 1. The van der Waals surface area contributed by atoms with Gasteiger partial charge in [-0.25, -0.2) is 4.39 Å². The van der Waals surface area contributed by atoms with Crippen molar-refractivity contribution in [3.05, 3.63) is 34.9 Å². The van der Waals surface area contributed by atoms with E-state index in [0.29, 0.717) is 38.3 Å². The van der Waals surface area contributed by atoms with Gasteiger partial charge in [0.2, 0.25) is 0 Å². The van der Waals surface area contributed by atoms with Crippen LogP contribution in [0.1, 0.15) is 22.7 Å². The lowest BCUT2D eigenvalue weighted by atomic mass is 9.98. The van der Waals surface area contributed by atoms with E-state index in [4.69, 9.17) is 0 Å². The molecule has 0 spiro atoms. The van der Waals surface area contributed by atoms with Crippen LogP contribution in [0.4, 0.5) is 30.7 Å². The molecule has 1 aliphatic rings. The molecule has 0 bridgehead atoms. The smallest absolute Gasteiger partial charge is 0.314 e. The molecule has 25 heavy (non-hydrogen) atoms. The minimum absolute atomic E-state index is 0. The molecule has 1 atom stereocenters. The van der Waals surface area contributed by atoms with E-state index in [2.05, 4.69) is 5.32 Å². The minimum atomic E-state index is -4.93. The molecule has 0 unspecified atom stereocenters. The monoisotopic (exact) mass is 416 g/mol. The van der Waals surface area contributed by atoms with Crippen molar-refractivity contribution in [3.8, 4) is 0 Å². The van der Waals surface area contributed by atoms with E-state index >= 15 is 0 Å². The average molecular weight is 417 g/mol. The van der Waals surface area contributed by atoms with Crippen molar-refractivity contribution in [2.45, 2.75) is 18.4 Å². The second-order valence-corrected chi connectivity index (χ2v) is 5.30. The number of alkyl halides is 7. The molecule has 11 heteroatoms. The number of hydrogen-bond acceptors (Lipinski definition) is 2. The van der Waals surface area contributed by atoms with Gasteiger partial charge in [0.05, 0.1) is 17.2 Å². The van der Waals surface area contributed by atoms with Crippen LogP contribution >= 0.6 is 24.8 Å². The Morgan fingerprint density at radius 2 is 1.32 bits per heavy atom. The molecule has 1 aromatic carbocycles. The van der Waals surface area contributed by atoms with E-state index < -0.39 is 36.2 Å². The van der Waals surface area contributed by atoms with Gasteiger partial charge >= 0.3 is 12.4 Å². The molecule has 1 saturated heterocycles. The van der Waals surface area contributed by atoms with Gasteiger partial charge in [-0.1, -0.05) is 0 Å². The van der Waals surface area contributed by atoms with Gasteiger partial charge in [-0.15, -0.1) is 24.8 Å². The quantitative estimate of drug-likeness (QED) is 0.730. The van der Waals surface area contributed by atoms with Crippen LogP contribution in [0, 0.1) is 0 Å². The second kappa shape index (κ2) is 9.25. The molecular weight excluding hydrogens is 400 g/mol. The molecule has 1 N–H and O–H groups in total. The molecule has 0 aromatic heterocycles. The van der Waals surface area contributed by atoms with Gasteiger partial charge < -0.3 is 5.32 Å². The molecule has 1 fully saturated rings. The Kier molecular flexibility index (Phi) is 8.96. The van der Waals surface area contributed by atoms with Gasteiger partial charge in [-0.3, -0.25) is 4.90 Å². The van der Waals surface area contributed by atoms with Gasteiger partial charge in [0.15, 0.2) is 0 Å². The van der Waals surface area contributed by atoms with Crippen molar-refractivity contribution in [1.29, 1.82) is 0 Å². The van der Waals surface area contributed by atoms with E-state index in [0.717, 1.165) is 0 Å². The fourth-order valence-electron chi connectivity index (χ4n) is 2.56. The molecule has 0 radical (unpaired) electrons. The Labute approximate surface area is 152 Å². The van der Waals surface area contributed by atoms with Crippen LogP contribution in [0.3, 0.4) is 0 Å². The maximum absolute atomic E-state index is 13.4. The van der Waals surface area contributed by atoms with Gasteiger partial charge in [-0.05, 0) is 23.8 Å². The summed E-state index contributed by atoms with van der Waals surface area (Å²) in [5.74, 6) is 0. The maximum atomic E-state index is 13.4. The van der Waals surface area contributed by atoms with E-state index in [1.54, 1.807) is 4.90 Å². The zero-order valence-corrected chi connectivity index (χ0v) is 14.4. The molecule has 0 aliphatic carbocycles. The fourth-order valence-corrected chi connectivity index (χ4v) is 2.56. The number of hydrogen-bond donors (Lipinski definition) is 1. The van der Waals surface area contributed by atoms with E-state index in [1.807, 2.05) is 0 Å². The summed E-state index contributed by atoms with van der Waals surface area (Å²) in [5, 5.41) is 2.99. The Balaban J connectivity index is 0.00000288. The van der Waals surface area contributed by atoms with Crippen molar-refractivity contribution < 1.29 is 30.7 Å². The second-order valence-electron chi connectivity index (χ2n) is 5.30. The normalized spacial score (nSPS) is 17.4. The number of halogens is 9. The van der Waals surface area contributed by atoms with Crippen molar-refractivity contribution in [3.63, 3.8) is 0 Å². The summed E-state index contributed by atoms with van der Waals surface area (Å²) in [6.45, 7) is 0.653. The summed E-state index contributed by atoms with van der Waals surface area (Å²) in [5.41, 5.74) is -3.15. The molecule has 146 valence electrons. The molecule has 2 rings (SSSR count). The standard InChI is InChI=1S/C14H15F7N2.2ClH/c15-8-12(23-3-1-22-2-4-23)9-5-10(13(16,17)18)7-11(6-9)14(19,20)21;;/h5-7,12,22H,1-4,8H2;2*1H/t12-;;/m1../s1. The van der Waals surface area contributed by atoms with Gasteiger partial charge in [0.1, 0.15) is 6.67 Å². The van der Waals surface area contributed by atoms with Crippen LogP contribution in [-0.2, 0) is 12.4 Å². The average Bonchev–Trinajstić information content (AvgIpc) is 2.47. The Morgan fingerprint density at radius 3 is 1.68 bits per heavy atom. The number of nitrogens with one attached hydrogen (secondary N) is 1. The van der Waals surface area contributed by atoms with Crippen LogP contribution in [0.15, 0.2) is 18.2 Å². The molecule has 1 aliphatic heterocycles. The third-order valence-corrected chi connectivity index (χ3v) is 3.73. The predicted molar refractivity (Wildman–Crippen MR) is 84.1 cm³/mol. The van der Waals surface area contributed by atoms with Crippen molar-refractivity contribution >= 4 is 24.8 Å². The largest absolute Gasteiger partial charge is 0.416 e. The summed E-state index contributed by atoms with van der Waals surface area (Å²) >= 11 is 0. The Bertz CT molecular complexity index is 511. The summed E-state index contributed by atoms with van der Waals surface area (Å²) in [4.78, 5) is 1.55. The van der Waals surface area contributed by atoms with Crippen molar-refractivity contribution in [2.24, 2.45) is 0 Å². The molecule has 1 heterocycles. The zero-order valence-electron chi connectivity index (χ0n) is 12.8. The van der Waals surface area contributed by atoms with Gasteiger partial charge in [0.25, 0.3) is 0 Å². The van der Waals surface area contributed by atoms with Crippen LogP contribution in [0.25, 0.3) is 0 Å². The van der Waals surface area contributed by atoms with Crippen molar-refractivity contribution in [2.75, 3.05) is 32.9 Å². The molecule has 0 saturated carbocycles. The van der Waals surface area contributed by atoms with Gasteiger partial charge in [-0.2, -0.15) is 26.3 Å². The first-order valence-electron chi connectivity index (χ1n) is 6.93. The van der Waals surface area contributed by atoms with Crippen LogP contribution in [0.2, 0.25) is 0 Å². The summed E-state index contributed by atoms with van der Waals surface area (Å²) in [7, 11) is 0. The summed E-state index contributed by atoms with van der Waals surface area (Å²) < 4.78 is 90.5. The van der Waals surface area contributed by atoms with Crippen LogP contribution in [0.5, 0.6) is 0 Å². The van der Waals surface area contributed by atoms with Crippen LogP contribution < -0.4 is 5.32 Å². The van der Waals surface area contributed by atoms with E-state index in [9.17, 15) is 30.7 Å². The third-order valence-electron chi connectivity index (χ3n) is 3.73. The fraction of sp³-hybridized carbons (Fsp3) is 0.571. The van der Waals surface area contributed by atoms with Crippen LogP contribution in [-0.4, -0.2) is 37.8 Å². The SMILES string of the molecule is Cl.Cl.FC[C@H](c1cc(C(F)(F)F)cc(C(F)(F)F)c1)N1CCNCC1. The highest BCUT2D eigenvalue weighted by molar-refractivity contribution is 5.85. The molecular formula is C14H17Cl2F7N2. The van der Waals surface area contributed by atoms with Crippen molar-refractivity contribution in [1.82, 2.24) is 10.2 Å². The lowest BCUT2D eigenvalue weighted by Gasteiger charge is -2.34. The Morgan fingerprint density at radius 1 is 0.880 bits per heavy atom. The first-order valence-corrected chi connectivity index (χ1v) is 6.93. The topological polar surface area (TPSA) is 15.3 Å². The highest BCUT2D eigenvalue weighted by Gasteiger charge is 2.38. The number of piperazine rings is 1. The number of benzene rings is 1. The predicted octanol–water partition coefficient (Wildman–Crippen LogP) is 4.48. The Hall–Kier alpha value is -0.770. The number of rotatable bonds is 3. The minimum Gasteiger partial charge on any atom is -0.314 e.